The minimum Gasteiger partial charge on any atom is -0.463 e. The molecule has 0 aliphatic carbocycles. The molecule has 3 aromatic carbocycles. The van der Waals surface area contributed by atoms with Crippen LogP contribution in [0.25, 0.3) is 0 Å². The quantitative estimate of drug-likeness (QED) is 0.154. The van der Waals surface area contributed by atoms with Gasteiger partial charge in [-0.2, -0.15) is 0 Å². The Morgan fingerprint density at radius 3 is 1.66 bits per heavy atom. The molecule has 5 rings (SSSR count). The lowest BCUT2D eigenvalue weighted by Crippen LogP contribution is -2.67. The molecule has 2 saturated heterocycles. The van der Waals surface area contributed by atoms with Gasteiger partial charge in [0, 0.05) is 20.8 Å². The van der Waals surface area contributed by atoms with E-state index in [0.717, 1.165) is 17.3 Å². The van der Waals surface area contributed by atoms with Crippen LogP contribution in [0.1, 0.15) is 51.9 Å². The largest absolute Gasteiger partial charge is 0.463 e. The summed E-state index contributed by atoms with van der Waals surface area (Å²) in [7, 11) is -3.15. The Morgan fingerprint density at radius 1 is 0.642 bits per heavy atom. The van der Waals surface area contributed by atoms with Gasteiger partial charge in [0.15, 0.2) is 30.9 Å². The highest BCUT2D eigenvalue weighted by atomic mass is 28.4. The first-order valence-electron chi connectivity index (χ1n) is 17.3. The Labute approximate surface area is 309 Å². The van der Waals surface area contributed by atoms with Gasteiger partial charge in [0.05, 0.1) is 12.2 Å². The van der Waals surface area contributed by atoms with Crippen molar-refractivity contribution in [3.8, 4) is 0 Å². The molecule has 53 heavy (non-hydrogen) atoms. The van der Waals surface area contributed by atoms with E-state index in [1.807, 2.05) is 60.7 Å². The van der Waals surface area contributed by atoms with Crippen molar-refractivity contribution in [2.24, 2.45) is 0 Å². The number of aliphatic hydroxyl groups excluding tert-OH is 1. The summed E-state index contributed by atoms with van der Waals surface area (Å²) in [5.74, 6) is -2.83. The number of hydrogen-bond donors (Lipinski definition) is 1. The van der Waals surface area contributed by atoms with Crippen molar-refractivity contribution in [3.05, 3.63) is 96.6 Å². The zero-order valence-electron chi connectivity index (χ0n) is 30.5. The van der Waals surface area contributed by atoms with Crippen LogP contribution in [-0.2, 0) is 52.0 Å². The van der Waals surface area contributed by atoms with E-state index in [-0.39, 0.29) is 18.8 Å². The van der Waals surface area contributed by atoms with E-state index in [4.69, 9.17) is 37.6 Å². The number of ether oxygens (including phenoxy) is 7. The second-order valence-corrected chi connectivity index (χ2v) is 18.2. The van der Waals surface area contributed by atoms with Crippen molar-refractivity contribution >= 4 is 42.6 Å². The summed E-state index contributed by atoms with van der Waals surface area (Å²) in [6, 6.07) is 28.0. The predicted octanol–water partition coefficient (Wildman–Crippen LogP) is 3.04. The van der Waals surface area contributed by atoms with Gasteiger partial charge in [-0.05, 0) is 27.5 Å². The van der Waals surface area contributed by atoms with Crippen LogP contribution < -0.4 is 10.4 Å². The Morgan fingerprint density at radius 2 is 1.15 bits per heavy atom. The van der Waals surface area contributed by atoms with E-state index < -0.39 is 86.4 Å². The fraction of sp³-hybridized carbons (Fsp3) is 0.436. The normalized spacial score (nSPS) is 25.7. The van der Waals surface area contributed by atoms with Gasteiger partial charge in [-0.15, -0.1) is 0 Å². The first kappa shape index (κ1) is 39.8. The van der Waals surface area contributed by atoms with Gasteiger partial charge in [0.1, 0.15) is 24.9 Å². The summed E-state index contributed by atoms with van der Waals surface area (Å²) in [4.78, 5) is 49.6. The van der Waals surface area contributed by atoms with Crippen molar-refractivity contribution in [1.82, 2.24) is 0 Å². The Balaban J connectivity index is 1.53. The molecule has 0 bridgehead atoms. The highest BCUT2D eigenvalue weighted by molar-refractivity contribution is 6.99. The van der Waals surface area contributed by atoms with Crippen LogP contribution in [0.5, 0.6) is 0 Å². The average molecular weight is 751 g/mol. The average Bonchev–Trinajstić information content (AvgIpc) is 3.58. The second kappa shape index (κ2) is 17.1. The van der Waals surface area contributed by atoms with Crippen molar-refractivity contribution in [3.63, 3.8) is 0 Å². The third kappa shape index (κ3) is 9.20. The number of aliphatic hydroxyl groups is 1. The van der Waals surface area contributed by atoms with Crippen LogP contribution in [0.3, 0.4) is 0 Å². The molecular weight excluding hydrogens is 705 g/mol. The summed E-state index contributed by atoms with van der Waals surface area (Å²) < 4.78 is 47.8. The van der Waals surface area contributed by atoms with Crippen LogP contribution in [-0.4, -0.2) is 99.7 Å². The number of hydrogen-bond acceptors (Lipinski definition) is 13. The molecule has 0 amide bonds. The third-order valence-electron chi connectivity index (χ3n) is 9.03. The maximum Gasteiger partial charge on any atom is 0.338 e. The van der Waals surface area contributed by atoms with E-state index in [2.05, 4.69) is 20.8 Å². The first-order chi connectivity index (χ1) is 25.2. The molecule has 2 heterocycles. The number of benzene rings is 3. The van der Waals surface area contributed by atoms with E-state index in [1.54, 1.807) is 30.3 Å². The van der Waals surface area contributed by atoms with E-state index in [1.165, 1.54) is 13.8 Å². The number of rotatable bonds is 13. The summed E-state index contributed by atoms with van der Waals surface area (Å²) in [6.45, 7) is 9.36. The van der Waals surface area contributed by atoms with Crippen LogP contribution in [0, 0.1) is 0 Å². The molecule has 14 heteroatoms. The Kier molecular flexibility index (Phi) is 12.9. The van der Waals surface area contributed by atoms with E-state index in [9.17, 15) is 24.3 Å². The SMILES string of the molecule is CC(=O)OC[C@H]1O[C@H](O[C@H]2[C@H](OC(=O)c3ccccc3)[C@@H](O)O[C@@H]2CO[Si](c2ccccc2)(c2ccccc2)C(C)(C)C)[C@@H](OC(C)=O)[C@H]1OC(C)=O. The molecule has 2 fully saturated rings. The zero-order chi connectivity index (χ0) is 38.3. The molecule has 284 valence electrons. The molecule has 0 unspecified atom stereocenters. The fourth-order valence-electron chi connectivity index (χ4n) is 6.81. The predicted molar refractivity (Wildman–Crippen MR) is 191 cm³/mol. The molecule has 0 radical (unpaired) electrons. The molecule has 0 saturated carbocycles. The van der Waals surface area contributed by atoms with Crippen molar-refractivity contribution in [2.75, 3.05) is 13.2 Å². The molecule has 8 atom stereocenters. The van der Waals surface area contributed by atoms with Crippen LogP contribution in [0.4, 0.5) is 0 Å². The number of esters is 4. The van der Waals surface area contributed by atoms with Gasteiger partial charge in [-0.1, -0.05) is 99.6 Å². The smallest absolute Gasteiger partial charge is 0.338 e. The maximum atomic E-state index is 13.4. The number of carbonyl (C=O) groups excluding carboxylic acids is 4. The topological polar surface area (TPSA) is 162 Å². The molecule has 1 N–H and O–H groups in total. The molecule has 0 aromatic heterocycles. The van der Waals surface area contributed by atoms with E-state index >= 15 is 0 Å². The van der Waals surface area contributed by atoms with Crippen LogP contribution >= 0.6 is 0 Å². The monoisotopic (exact) mass is 750 g/mol. The zero-order valence-corrected chi connectivity index (χ0v) is 31.5. The molecule has 0 spiro atoms. The first-order valence-corrected chi connectivity index (χ1v) is 19.3. The standard InChI is InChI=1S/C39H46O13Si/c1-24(40)45-22-30-33(47-25(2)41)35(48-26(3)42)38(50-30)52-32-31(49-37(44)34(32)51-36(43)27-16-10-7-11-17-27)23-46-53(39(4,5)6,28-18-12-8-13-19-28)29-20-14-9-15-21-29/h7-21,30-35,37-38,44H,22-23H2,1-6H3/t30-,31-,32-,33+,34+,35+,37+,38-/m1/s1. The lowest BCUT2D eigenvalue weighted by atomic mass is 10.1. The number of carbonyl (C=O) groups is 4. The molecule has 2 aliphatic rings. The van der Waals surface area contributed by atoms with Crippen molar-refractivity contribution in [1.29, 1.82) is 0 Å². The van der Waals surface area contributed by atoms with Gasteiger partial charge in [-0.25, -0.2) is 4.79 Å². The second-order valence-electron chi connectivity index (χ2n) is 13.9. The minimum atomic E-state index is -3.15. The van der Waals surface area contributed by atoms with E-state index in [0.29, 0.717) is 0 Å². The van der Waals surface area contributed by atoms with Crippen molar-refractivity contribution < 1.29 is 61.9 Å². The summed E-state index contributed by atoms with van der Waals surface area (Å²) in [5.41, 5.74) is 0.219. The third-order valence-corrected chi connectivity index (χ3v) is 14.0. The molecule has 13 nitrogen and oxygen atoms in total. The van der Waals surface area contributed by atoms with Crippen molar-refractivity contribution in [2.45, 2.75) is 95.8 Å². The van der Waals surface area contributed by atoms with Gasteiger partial charge in [-0.3, -0.25) is 14.4 Å². The highest BCUT2D eigenvalue weighted by Gasteiger charge is 2.57. The van der Waals surface area contributed by atoms with Gasteiger partial charge < -0.3 is 42.7 Å². The maximum absolute atomic E-state index is 13.4. The van der Waals surface area contributed by atoms with Gasteiger partial charge in [0.25, 0.3) is 8.32 Å². The van der Waals surface area contributed by atoms with Gasteiger partial charge >= 0.3 is 23.9 Å². The van der Waals surface area contributed by atoms with Crippen LogP contribution in [0.2, 0.25) is 5.04 Å². The Bertz CT molecular complexity index is 1660. The highest BCUT2D eigenvalue weighted by Crippen LogP contribution is 2.39. The fourth-order valence-corrected chi connectivity index (χ4v) is 11.4. The summed E-state index contributed by atoms with van der Waals surface area (Å²) >= 11 is 0. The summed E-state index contributed by atoms with van der Waals surface area (Å²) in [6.07, 6.45) is -10.6. The lowest BCUT2D eigenvalue weighted by Gasteiger charge is -2.43. The lowest BCUT2D eigenvalue weighted by molar-refractivity contribution is -0.222. The summed E-state index contributed by atoms with van der Waals surface area (Å²) in [5, 5.41) is 12.9. The molecule has 3 aromatic rings. The molecular formula is C39H46O13Si. The van der Waals surface area contributed by atoms with Gasteiger partial charge in [0.2, 0.25) is 0 Å². The minimum absolute atomic E-state index is 0.135. The Hall–Kier alpha value is -4.44. The van der Waals surface area contributed by atoms with Crippen LogP contribution in [0.15, 0.2) is 91.0 Å². The molecule has 2 aliphatic heterocycles.